The van der Waals surface area contributed by atoms with Crippen LogP contribution in [-0.2, 0) is 6.42 Å². The number of benzene rings is 1. The van der Waals surface area contributed by atoms with Gasteiger partial charge in [-0.3, -0.25) is 20.2 Å². The monoisotopic (exact) mass is 241 g/mol. The van der Waals surface area contributed by atoms with Gasteiger partial charge >= 0.3 is 5.69 Å². The highest BCUT2D eigenvalue weighted by molar-refractivity contribution is 5.57. The van der Waals surface area contributed by atoms with Crippen LogP contribution < -0.4 is 5.73 Å². The van der Waals surface area contributed by atoms with Crippen molar-refractivity contribution in [3.8, 4) is 5.75 Å². The molecule has 17 heavy (non-hydrogen) atoms. The third-order valence-corrected chi connectivity index (χ3v) is 2.21. The Hall–Kier alpha value is -2.22. The van der Waals surface area contributed by atoms with Gasteiger partial charge in [-0.05, 0) is 19.4 Å². The number of hydrogen-bond donors (Lipinski definition) is 2. The van der Waals surface area contributed by atoms with E-state index in [1.807, 2.05) is 0 Å². The second kappa shape index (κ2) is 5.21. The standard InChI is InChI=1S/C9H11N3O5/c10-3-1-2-6-4-7(11(14)15)5-8(9(6)13)12(16)17/h4-5,13H,1-3,10H2. The summed E-state index contributed by atoms with van der Waals surface area (Å²) >= 11 is 0. The summed E-state index contributed by atoms with van der Waals surface area (Å²) in [5, 5.41) is 30.8. The summed E-state index contributed by atoms with van der Waals surface area (Å²) in [7, 11) is 0. The maximum Gasteiger partial charge on any atom is 0.317 e. The molecule has 8 nitrogen and oxygen atoms in total. The second-order valence-electron chi connectivity index (χ2n) is 3.38. The molecule has 0 aliphatic heterocycles. The van der Waals surface area contributed by atoms with Crippen LogP contribution in [0.15, 0.2) is 12.1 Å². The van der Waals surface area contributed by atoms with Gasteiger partial charge in [0.1, 0.15) is 0 Å². The van der Waals surface area contributed by atoms with Gasteiger partial charge in [0.05, 0.1) is 15.9 Å². The highest BCUT2D eigenvalue weighted by Crippen LogP contribution is 2.34. The minimum absolute atomic E-state index is 0.163. The minimum Gasteiger partial charge on any atom is -0.502 e. The van der Waals surface area contributed by atoms with Crippen LogP contribution >= 0.6 is 0 Å². The van der Waals surface area contributed by atoms with E-state index in [1.54, 1.807) is 0 Å². The molecular weight excluding hydrogens is 230 g/mol. The predicted octanol–water partition coefficient (Wildman–Crippen LogP) is 1.10. The Morgan fingerprint density at radius 1 is 1.24 bits per heavy atom. The van der Waals surface area contributed by atoms with Gasteiger partial charge < -0.3 is 10.8 Å². The predicted molar refractivity (Wildman–Crippen MR) is 58.8 cm³/mol. The van der Waals surface area contributed by atoms with Crippen molar-refractivity contribution >= 4 is 11.4 Å². The lowest BCUT2D eigenvalue weighted by Gasteiger charge is -2.04. The second-order valence-corrected chi connectivity index (χ2v) is 3.38. The average molecular weight is 241 g/mol. The molecule has 0 saturated heterocycles. The molecule has 0 radical (unpaired) electrons. The van der Waals surface area contributed by atoms with Crippen molar-refractivity contribution in [3.05, 3.63) is 37.9 Å². The molecule has 92 valence electrons. The van der Waals surface area contributed by atoms with Crippen molar-refractivity contribution in [1.82, 2.24) is 0 Å². The van der Waals surface area contributed by atoms with E-state index in [1.165, 1.54) is 0 Å². The molecule has 0 bridgehead atoms. The fourth-order valence-corrected chi connectivity index (χ4v) is 1.39. The Kier molecular flexibility index (Phi) is 3.94. The number of hydrogen-bond acceptors (Lipinski definition) is 6. The van der Waals surface area contributed by atoms with Crippen LogP contribution in [0.3, 0.4) is 0 Å². The third kappa shape index (κ3) is 2.88. The van der Waals surface area contributed by atoms with Crippen molar-refractivity contribution in [3.63, 3.8) is 0 Å². The first-order chi connectivity index (χ1) is 7.97. The Labute approximate surface area is 96.0 Å². The minimum atomic E-state index is -0.853. The van der Waals surface area contributed by atoms with E-state index in [9.17, 15) is 25.3 Å². The molecule has 0 unspecified atom stereocenters. The van der Waals surface area contributed by atoms with Crippen molar-refractivity contribution in [2.24, 2.45) is 5.73 Å². The molecule has 0 aromatic heterocycles. The van der Waals surface area contributed by atoms with E-state index in [2.05, 4.69) is 0 Å². The van der Waals surface area contributed by atoms with Crippen molar-refractivity contribution in [1.29, 1.82) is 0 Å². The van der Waals surface area contributed by atoms with Crippen molar-refractivity contribution < 1.29 is 15.0 Å². The maximum absolute atomic E-state index is 10.6. The molecule has 1 aromatic carbocycles. The first kappa shape index (κ1) is 12.8. The maximum atomic E-state index is 10.6. The largest absolute Gasteiger partial charge is 0.502 e. The summed E-state index contributed by atoms with van der Waals surface area (Å²) in [6.07, 6.45) is 0.733. The van der Waals surface area contributed by atoms with Crippen LogP contribution in [0.4, 0.5) is 11.4 Å². The molecule has 0 spiro atoms. The summed E-state index contributed by atoms with van der Waals surface area (Å²) in [5.74, 6) is -0.533. The van der Waals surface area contributed by atoms with Gasteiger partial charge in [-0.15, -0.1) is 0 Å². The first-order valence-electron chi connectivity index (χ1n) is 4.82. The molecule has 1 rings (SSSR count). The first-order valence-corrected chi connectivity index (χ1v) is 4.82. The number of nitrogens with zero attached hydrogens (tertiary/aromatic N) is 2. The van der Waals surface area contributed by atoms with Gasteiger partial charge in [-0.2, -0.15) is 0 Å². The number of nitrogens with two attached hydrogens (primary N) is 1. The number of aromatic hydroxyl groups is 1. The third-order valence-electron chi connectivity index (χ3n) is 2.21. The Morgan fingerprint density at radius 2 is 1.88 bits per heavy atom. The van der Waals surface area contributed by atoms with Crippen LogP contribution in [0.2, 0.25) is 0 Å². The Morgan fingerprint density at radius 3 is 2.35 bits per heavy atom. The molecule has 8 heteroatoms. The zero-order valence-corrected chi connectivity index (χ0v) is 8.83. The molecule has 0 amide bonds. The quantitative estimate of drug-likeness (QED) is 0.585. The highest BCUT2D eigenvalue weighted by Gasteiger charge is 2.23. The number of phenols is 1. The number of nitro groups is 2. The molecule has 1 aromatic rings. The van der Waals surface area contributed by atoms with E-state index in [0.717, 1.165) is 12.1 Å². The number of nitro benzene ring substituents is 2. The van der Waals surface area contributed by atoms with Crippen LogP contribution in [0.25, 0.3) is 0 Å². The number of aryl methyl sites for hydroxylation is 1. The normalized spacial score (nSPS) is 10.2. The molecule has 0 atom stereocenters. The zero-order valence-electron chi connectivity index (χ0n) is 8.83. The van der Waals surface area contributed by atoms with E-state index in [0.29, 0.717) is 13.0 Å². The van der Waals surface area contributed by atoms with Gasteiger partial charge in [0.15, 0.2) is 5.75 Å². The van der Waals surface area contributed by atoms with E-state index >= 15 is 0 Å². The van der Waals surface area contributed by atoms with E-state index in [-0.39, 0.29) is 12.0 Å². The molecule has 0 heterocycles. The number of rotatable bonds is 5. The van der Waals surface area contributed by atoms with Crippen LogP contribution in [0, 0.1) is 20.2 Å². The molecule has 0 fully saturated rings. The summed E-state index contributed by atoms with van der Waals surface area (Å²) < 4.78 is 0. The Balaban J connectivity index is 3.27. The summed E-state index contributed by atoms with van der Waals surface area (Å²) in [6, 6.07) is 1.86. The van der Waals surface area contributed by atoms with Crippen molar-refractivity contribution in [2.45, 2.75) is 12.8 Å². The zero-order chi connectivity index (χ0) is 13.0. The lowest BCUT2D eigenvalue weighted by molar-refractivity contribution is -0.394. The number of non-ortho nitro benzene ring substituents is 1. The topological polar surface area (TPSA) is 133 Å². The highest BCUT2D eigenvalue weighted by atomic mass is 16.6. The van der Waals surface area contributed by atoms with Crippen LogP contribution in [-0.4, -0.2) is 21.5 Å². The molecule has 3 N–H and O–H groups in total. The lowest BCUT2D eigenvalue weighted by atomic mass is 10.1. The lowest BCUT2D eigenvalue weighted by Crippen LogP contribution is -2.02. The molecular formula is C9H11N3O5. The van der Waals surface area contributed by atoms with Gasteiger partial charge in [-0.25, -0.2) is 0 Å². The summed E-state index contributed by atoms with van der Waals surface area (Å²) in [4.78, 5) is 19.6. The molecule has 0 aliphatic carbocycles. The van der Waals surface area contributed by atoms with E-state index < -0.39 is 27.0 Å². The summed E-state index contributed by atoms with van der Waals surface area (Å²) in [6.45, 7) is 0.329. The fraction of sp³-hybridized carbons (Fsp3) is 0.333. The number of phenolic OH excluding ortho intramolecular Hbond substituents is 1. The average Bonchev–Trinajstić information content (AvgIpc) is 2.26. The fourth-order valence-electron chi connectivity index (χ4n) is 1.39. The van der Waals surface area contributed by atoms with Gasteiger partial charge in [0.2, 0.25) is 0 Å². The van der Waals surface area contributed by atoms with Crippen LogP contribution in [0.5, 0.6) is 5.75 Å². The van der Waals surface area contributed by atoms with Gasteiger partial charge in [0, 0.05) is 11.6 Å². The SMILES string of the molecule is NCCCc1cc([N+](=O)[O-])cc([N+](=O)[O-])c1O. The Bertz CT molecular complexity index is 460. The summed E-state index contributed by atoms with van der Waals surface area (Å²) in [5.41, 5.74) is 4.36. The van der Waals surface area contributed by atoms with Crippen LogP contribution in [0.1, 0.15) is 12.0 Å². The van der Waals surface area contributed by atoms with Gasteiger partial charge in [0.25, 0.3) is 5.69 Å². The van der Waals surface area contributed by atoms with E-state index in [4.69, 9.17) is 5.73 Å². The van der Waals surface area contributed by atoms with Gasteiger partial charge in [-0.1, -0.05) is 0 Å². The molecule has 0 saturated carbocycles. The van der Waals surface area contributed by atoms with Crippen molar-refractivity contribution in [2.75, 3.05) is 6.54 Å². The molecule has 0 aliphatic rings. The smallest absolute Gasteiger partial charge is 0.317 e.